The molecular weight excluding hydrogens is 359 g/mol. The van der Waals surface area contributed by atoms with Crippen molar-refractivity contribution in [2.75, 3.05) is 13.2 Å². The molecule has 1 aliphatic rings. The van der Waals surface area contributed by atoms with Crippen molar-refractivity contribution in [3.05, 3.63) is 28.2 Å². The van der Waals surface area contributed by atoms with Gasteiger partial charge in [-0.2, -0.15) is 0 Å². The molecule has 0 N–H and O–H groups in total. The molecular formula is C15H17BrClFN2O. The largest absolute Gasteiger partial charge is 0.381 e. The third-order valence-corrected chi connectivity index (χ3v) is 5.08. The van der Waals surface area contributed by atoms with Gasteiger partial charge in [0.2, 0.25) is 0 Å². The molecule has 3 rings (SSSR count). The maximum atomic E-state index is 13.9. The molecule has 114 valence electrons. The Morgan fingerprint density at radius 2 is 2.14 bits per heavy atom. The topological polar surface area (TPSA) is 27.1 Å². The average molecular weight is 376 g/mol. The van der Waals surface area contributed by atoms with Crippen LogP contribution in [0.15, 0.2) is 16.6 Å². The van der Waals surface area contributed by atoms with Gasteiger partial charge in [-0.25, -0.2) is 9.37 Å². The SMILES string of the molecule is CC1(Cn2c(CCl)nc3cc(Br)c(F)cc32)CCOCC1. The van der Waals surface area contributed by atoms with Crippen molar-refractivity contribution >= 4 is 38.6 Å². The number of imidazole rings is 1. The summed E-state index contributed by atoms with van der Waals surface area (Å²) in [6.07, 6.45) is 1.99. The van der Waals surface area contributed by atoms with Crippen LogP contribution < -0.4 is 0 Å². The summed E-state index contributed by atoms with van der Waals surface area (Å²) in [5, 5.41) is 0. The molecule has 0 atom stereocenters. The number of hydrogen-bond acceptors (Lipinski definition) is 2. The first kappa shape index (κ1) is 15.3. The van der Waals surface area contributed by atoms with Crippen LogP contribution in [0.1, 0.15) is 25.6 Å². The van der Waals surface area contributed by atoms with Gasteiger partial charge in [0.15, 0.2) is 0 Å². The molecule has 1 saturated heterocycles. The lowest BCUT2D eigenvalue weighted by Gasteiger charge is -2.34. The highest BCUT2D eigenvalue weighted by Gasteiger charge is 2.29. The Balaban J connectivity index is 2.05. The number of hydrogen-bond donors (Lipinski definition) is 0. The second-order valence-electron chi connectivity index (χ2n) is 5.93. The van der Waals surface area contributed by atoms with Gasteiger partial charge in [-0.1, -0.05) is 6.92 Å². The van der Waals surface area contributed by atoms with Crippen LogP contribution in [0.2, 0.25) is 0 Å². The summed E-state index contributed by atoms with van der Waals surface area (Å²) in [6, 6.07) is 3.24. The van der Waals surface area contributed by atoms with Crippen LogP contribution >= 0.6 is 27.5 Å². The second-order valence-corrected chi connectivity index (χ2v) is 7.05. The molecule has 0 radical (unpaired) electrons. The normalized spacial score (nSPS) is 18.3. The number of alkyl halides is 1. The fourth-order valence-electron chi connectivity index (χ4n) is 2.85. The van der Waals surface area contributed by atoms with Gasteiger partial charge in [-0.05, 0) is 40.3 Å². The van der Waals surface area contributed by atoms with Crippen molar-refractivity contribution in [1.29, 1.82) is 0 Å². The minimum Gasteiger partial charge on any atom is -0.381 e. The molecule has 0 unspecified atom stereocenters. The summed E-state index contributed by atoms with van der Waals surface area (Å²) in [5.74, 6) is 0.833. The van der Waals surface area contributed by atoms with Crippen LogP contribution in [0, 0.1) is 11.2 Å². The van der Waals surface area contributed by atoms with Gasteiger partial charge in [-0.15, -0.1) is 11.6 Å². The summed E-state index contributed by atoms with van der Waals surface area (Å²) in [7, 11) is 0. The Hall–Kier alpha value is -0.650. The maximum Gasteiger partial charge on any atom is 0.139 e. The van der Waals surface area contributed by atoms with Crippen molar-refractivity contribution in [3.8, 4) is 0 Å². The van der Waals surface area contributed by atoms with Crippen LogP contribution in [-0.2, 0) is 17.2 Å². The van der Waals surface area contributed by atoms with Gasteiger partial charge in [0.25, 0.3) is 0 Å². The zero-order chi connectivity index (χ0) is 15.0. The van der Waals surface area contributed by atoms with Crippen molar-refractivity contribution in [2.45, 2.75) is 32.2 Å². The number of halogens is 3. The molecule has 2 aromatic rings. The molecule has 0 bridgehead atoms. The molecule has 0 amide bonds. The highest BCUT2D eigenvalue weighted by Crippen LogP contribution is 2.34. The summed E-state index contributed by atoms with van der Waals surface area (Å²) >= 11 is 9.24. The minimum atomic E-state index is -0.276. The third-order valence-electron chi connectivity index (χ3n) is 4.23. The lowest BCUT2D eigenvalue weighted by Crippen LogP contribution is -2.31. The Morgan fingerprint density at radius 1 is 1.43 bits per heavy atom. The summed E-state index contributed by atoms with van der Waals surface area (Å²) < 4.78 is 21.8. The third kappa shape index (κ3) is 2.96. The van der Waals surface area contributed by atoms with Crippen LogP contribution in [0.25, 0.3) is 11.0 Å². The smallest absolute Gasteiger partial charge is 0.139 e. The van der Waals surface area contributed by atoms with E-state index in [1.807, 2.05) is 0 Å². The van der Waals surface area contributed by atoms with E-state index >= 15 is 0 Å². The Labute approximate surface area is 136 Å². The van der Waals surface area contributed by atoms with Gasteiger partial charge >= 0.3 is 0 Å². The first-order valence-corrected chi connectivity index (χ1v) is 8.33. The molecule has 6 heteroatoms. The Bertz CT molecular complexity index is 667. The minimum absolute atomic E-state index is 0.135. The van der Waals surface area contributed by atoms with Gasteiger partial charge in [0.05, 0.1) is 21.4 Å². The number of fused-ring (bicyclic) bond motifs is 1. The molecule has 1 aromatic heterocycles. The summed E-state index contributed by atoms with van der Waals surface area (Å²) in [5.41, 5.74) is 1.71. The number of aromatic nitrogens is 2. The lowest BCUT2D eigenvalue weighted by atomic mass is 9.82. The molecule has 1 aliphatic heterocycles. The van der Waals surface area contributed by atoms with E-state index in [0.29, 0.717) is 10.4 Å². The van der Waals surface area contributed by atoms with Crippen LogP contribution in [0.3, 0.4) is 0 Å². The van der Waals surface area contributed by atoms with E-state index < -0.39 is 0 Å². The van der Waals surface area contributed by atoms with E-state index in [1.54, 1.807) is 6.07 Å². The molecule has 1 aromatic carbocycles. The first-order chi connectivity index (χ1) is 10.0. The van der Waals surface area contributed by atoms with Crippen LogP contribution in [-0.4, -0.2) is 22.8 Å². The van der Waals surface area contributed by atoms with E-state index in [-0.39, 0.29) is 11.2 Å². The first-order valence-electron chi connectivity index (χ1n) is 7.00. The number of ether oxygens (including phenoxy) is 1. The number of nitrogens with zero attached hydrogens (tertiary/aromatic N) is 2. The Morgan fingerprint density at radius 3 is 2.81 bits per heavy atom. The predicted octanol–water partition coefficient (Wildman–Crippen LogP) is 4.49. The molecule has 0 aliphatic carbocycles. The van der Waals surface area contributed by atoms with Crippen molar-refractivity contribution in [2.24, 2.45) is 5.41 Å². The predicted molar refractivity (Wildman–Crippen MR) is 85.1 cm³/mol. The van der Waals surface area contributed by atoms with Crippen LogP contribution in [0.4, 0.5) is 4.39 Å². The zero-order valence-electron chi connectivity index (χ0n) is 11.8. The second kappa shape index (κ2) is 5.86. The van der Waals surface area contributed by atoms with E-state index in [2.05, 4.69) is 32.4 Å². The Kier molecular flexibility index (Phi) is 4.26. The lowest BCUT2D eigenvalue weighted by molar-refractivity contribution is 0.0157. The highest BCUT2D eigenvalue weighted by molar-refractivity contribution is 9.10. The van der Waals surface area contributed by atoms with Crippen LogP contribution in [0.5, 0.6) is 0 Å². The summed E-state index contributed by atoms with van der Waals surface area (Å²) in [4.78, 5) is 4.53. The van der Waals surface area contributed by atoms with Crippen molar-refractivity contribution < 1.29 is 9.13 Å². The number of rotatable bonds is 3. The van der Waals surface area contributed by atoms with E-state index in [9.17, 15) is 4.39 Å². The fraction of sp³-hybridized carbons (Fsp3) is 0.533. The van der Waals surface area contributed by atoms with Gasteiger partial charge in [0.1, 0.15) is 11.6 Å². The fourth-order valence-corrected chi connectivity index (χ4v) is 3.39. The molecule has 2 heterocycles. The van der Waals surface area contributed by atoms with Gasteiger partial charge < -0.3 is 9.30 Å². The van der Waals surface area contributed by atoms with Crippen molar-refractivity contribution in [1.82, 2.24) is 9.55 Å². The molecule has 3 nitrogen and oxygen atoms in total. The molecule has 1 fully saturated rings. The monoisotopic (exact) mass is 374 g/mol. The van der Waals surface area contributed by atoms with E-state index in [1.165, 1.54) is 6.07 Å². The van der Waals surface area contributed by atoms with Crippen molar-refractivity contribution in [3.63, 3.8) is 0 Å². The highest BCUT2D eigenvalue weighted by atomic mass is 79.9. The van der Waals surface area contributed by atoms with E-state index in [0.717, 1.165) is 49.5 Å². The quantitative estimate of drug-likeness (QED) is 0.739. The zero-order valence-corrected chi connectivity index (χ0v) is 14.2. The number of benzene rings is 1. The molecule has 0 saturated carbocycles. The molecule has 0 spiro atoms. The standard InChI is InChI=1S/C15H17BrClFN2O/c1-15(2-4-21-5-3-15)9-20-13-7-11(18)10(16)6-12(13)19-14(20)8-17/h6-7H,2-5,8-9H2,1H3. The average Bonchev–Trinajstić information content (AvgIpc) is 2.77. The van der Waals surface area contributed by atoms with Gasteiger partial charge in [0, 0.05) is 25.8 Å². The maximum absolute atomic E-state index is 13.9. The van der Waals surface area contributed by atoms with Gasteiger partial charge in [-0.3, -0.25) is 0 Å². The molecule has 21 heavy (non-hydrogen) atoms. The summed E-state index contributed by atoms with van der Waals surface area (Å²) in [6.45, 7) is 4.59. The van der Waals surface area contributed by atoms with E-state index in [4.69, 9.17) is 16.3 Å².